The van der Waals surface area contributed by atoms with E-state index < -0.39 is 14.5 Å². The van der Waals surface area contributed by atoms with Crippen molar-refractivity contribution in [3.63, 3.8) is 0 Å². The number of amides is 1. The standard InChI is InChI=1S/C21H35NO3Si/c1-14(2)26(15(3)4,16(5)6)25-17(7)21-22-20(23)13-19(24-21)18-11-9-8-10-12-18/h8-12,14-17,19,21H,13H2,1-7H3,(H,22,23)/t17-,19+,21+/m0/s1. The molecule has 26 heavy (non-hydrogen) atoms. The second kappa shape index (κ2) is 8.68. The lowest BCUT2D eigenvalue weighted by atomic mass is 10.0. The molecular formula is C21H35NO3Si. The van der Waals surface area contributed by atoms with Gasteiger partial charge in [0.05, 0.1) is 18.6 Å². The molecule has 0 aliphatic carbocycles. The van der Waals surface area contributed by atoms with Crippen molar-refractivity contribution in [2.45, 2.75) is 89.9 Å². The van der Waals surface area contributed by atoms with E-state index in [-0.39, 0.29) is 18.1 Å². The molecule has 0 radical (unpaired) electrons. The lowest BCUT2D eigenvalue weighted by Gasteiger charge is -2.46. The van der Waals surface area contributed by atoms with Crippen LogP contribution in [-0.4, -0.2) is 26.6 Å². The number of carbonyl (C=O) groups excluding carboxylic acids is 1. The molecule has 1 amide bonds. The Morgan fingerprint density at radius 3 is 2.04 bits per heavy atom. The van der Waals surface area contributed by atoms with Gasteiger partial charge in [-0.15, -0.1) is 0 Å². The Hall–Kier alpha value is -1.17. The van der Waals surface area contributed by atoms with Crippen LogP contribution in [0.2, 0.25) is 16.6 Å². The fraction of sp³-hybridized carbons (Fsp3) is 0.667. The van der Waals surface area contributed by atoms with E-state index in [1.54, 1.807) is 0 Å². The first-order valence-electron chi connectivity index (χ1n) is 9.86. The van der Waals surface area contributed by atoms with Crippen molar-refractivity contribution in [1.82, 2.24) is 5.32 Å². The molecule has 1 aliphatic heterocycles. The van der Waals surface area contributed by atoms with Gasteiger partial charge in [0.25, 0.3) is 0 Å². The van der Waals surface area contributed by atoms with Crippen LogP contribution in [0, 0.1) is 0 Å². The fourth-order valence-electron chi connectivity index (χ4n) is 4.53. The maximum Gasteiger partial charge on any atom is 0.225 e. The van der Waals surface area contributed by atoms with Crippen LogP contribution in [0.1, 0.15) is 66.6 Å². The summed E-state index contributed by atoms with van der Waals surface area (Å²) < 4.78 is 13.0. The van der Waals surface area contributed by atoms with Crippen LogP contribution in [0.15, 0.2) is 30.3 Å². The number of hydrogen-bond donors (Lipinski definition) is 1. The lowest BCUT2D eigenvalue weighted by Crippen LogP contribution is -2.56. The van der Waals surface area contributed by atoms with Gasteiger partial charge in [-0.05, 0) is 29.1 Å². The van der Waals surface area contributed by atoms with Crippen LogP contribution >= 0.6 is 0 Å². The van der Waals surface area contributed by atoms with Crippen molar-refractivity contribution in [2.24, 2.45) is 0 Å². The van der Waals surface area contributed by atoms with Crippen LogP contribution in [0.3, 0.4) is 0 Å². The van der Waals surface area contributed by atoms with E-state index in [4.69, 9.17) is 9.16 Å². The minimum Gasteiger partial charge on any atom is -0.409 e. The highest BCUT2D eigenvalue weighted by molar-refractivity contribution is 6.77. The van der Waals surface area contributed by atoms with Gasteiger partial charge in [0, 0.05) is 0 Å². The molecule has 1 fully saturated rings. The summed E-state index contributed by atoms with van der Waals surface area (Å²) in [7, 11) is -2.03. The second-order valence-electron chi connectivity index (χ2n) is 8.37. The maximum absolute atomic E-state index is 12.3. The van der Waals surface area contributed by atoms with Crippen LogP contribution in [0.25, 0.3) is 0 Å². The molecule has 0 saturated carbocycles. The molecule has 1 saturated heterocycles. The second-order valence-corrected chi connectivity index (χ2v) is 13.8. The van der Waals surface area contributed by atoms with Gasteiger partial charge >= 0.3 is 0 Å². The lowest BCUT2D eigenvalue weighted by molar-refractivity contribution is -0.152. The molecule has 0 spiro atoms. The van der Waals surface area contributed by atoms with Crippen molar-refractivity contribution in [2.75, 3.05) is 0 Å². The van der Waals surface area contributed by atoms with E-state index in [9.17, 15) is 4.79 Å². The minimum atomic E-state index is -2.03. The van der Waals surface area contributed by atoms with Gasteiger partial charge < -0.3 is 14.5 Å². The highest BCUT2D eigenvalue weighted by Crippen LogP contribution is 2.43. The van der Waals surface area contributed by atoms with Gasteiger partial charge in [-0.1, -0.05) is 71.9 Å². The Morgan fingerprint density at radius 1 is 1.00 bits per heavy atom. The third-order valence-corrected chi connectivity index (χ3v) is 11.9. The molecule has 0 bridgehead atoms. The summed E-state index contributed by atoms with van der Waals surface area (Å²) >= 11 is 0. The number of rotatable bonds is 7. The van der Waals surface area contributed by atoms with E-state index in [0.29, 0.717) is 23.0 Å². The summed E-state index contributed by atoms with van der Waals surface area (Å²) in [5.41, 5.74) is 2.53. The predicted octanol–water partition coefficient (Wildman–Crippen LogP) is 5.17. The zero-order valence-electron chi connectivity index (χ0n) is 17.3. The van der Waals surface area contributed by atoms with Gasteiger partial charge in [-0.2, -0.15) is 0 Å². The summed E-state index contributed by atoms with van der Waals surface area (Å²) in [6.07, 6.45) is -0.447. The van der Waals surface area contributed by atoms with Crippen LogP contribution in [0.5, 0.6) is 0 Å². The van der Waals surface area contributed by atoms with Crippen LogP contribution in [-0.2, 0) is 14.0 Å². The smallest absolute Gasteiger partial charge is 0.225 e. The molecule has 0 unspecified atom stereocenters. The van der Waals surface area contributed by atoms with E-state index in [1.807, 2.05) is 37.3 Å². The summed E-state index contributed by atoms with van der Waals surface area (Å²) in [5, 5.41) is 2.99. The number of nitrogens with one attached hydrogen (secondary N) is 1. The topological polar surface area (TPSA) is 47.6 Å². The molecule has 1 aromatic carbocycles. The normalized spacial score (nSPS) is 22.8. The highest BCUT2D eigenvalue weighted by atomic mass is 28.4. The molecule has 4 nitrogen and oxygen atoms in total. The van der Waals surface area contributed by atoms with Crippen molar-refractivity contribution in [3.8, 4) is 0 Å². The monoisotopic (exact) mass is 377 g/mol. The molecule has 1 heterocycles. The molecule has 3 atom stereocenters. The third-order valence-electron chi connectivity index (χ3n) is 5.68. The van der Waals surface area contributed by atoms with Gasteiger partial charge in [-0.3, -0.25) is 4.79 Å². The quantitative estimate of drug-likeness (QED) is 0.667. The van der Waals surface area contributed by atoms with Crippen molar-refractivity contribution in [1.29, 1.82) is 0 Å². The number of ether oxygens (including phenoxy) is 1. The average molecular weight is 378 g/mol. The van der Waals surface area contributed by atoms with E-state index in [2.05, 4.69) is 46.9 Å². The van der Waals surface area contributed by atoms with Gasteiger partial charge in [0.15, 0.2) is 6.23 Å². The third kappa shape index (κ3) is 4.38. The first-order valence-corrected chi connectivity index (χ1v) is 12.0. The first-order chi connectivity index (χ1) is 12.2. The van der Waals surface area contributed by atoms with E-state index >= 15 is 0 Å². The van der Waals surface area contributed by atoms with Crippen molar-refractivity contribution < 1.29 is 14.0 Å². The zero-order valence-corrected chi connectivity index (χ0v) is 18.3. The molecule has 146 valence electrons. The van der Waals surface area contributed by atoms with Crippen LogP contribution in [0.4, 0.5) is 0 Å². The van der Waals surface area contributed by atoms with E-state index in [1.165, 1.54) is 0 Å². The Morgan fingerprint density at radius 2 is 1.54 bits per heavy atom. The Balaban J connectivity index is 2.19. The summed E-state index contributed by atoms with van der Waals surface area (Å²) in [4.78, 5) is 12.3. The Labute approximate surface area is 159 Å². The summed E-state index contributed by atoms with van der Waals surface area (Å²) in [6.45, 7) is 15.7. The predicted molar refractivity (Wildman–Crippen MR) is 108 cm³/mol. The Kier molecular flexibility index (Phi) is 7.05. The number of benzene rings is 1. The van der Waals surface area contributed by atoms with Gasteiger partial charge in [0.1, 0.15) is 0 Å². The number of hydrogen-bond acceptors (Lipinski definition) is 3. The highest BCUT2D eigenvalue weighted by Gasteiger charge is 2.47. The molecular weight excluding hydrogens is 342 g/mol. The molecule has 1 aromatic rings. The molecule has 1 N–H and O–H groups in total. The zero-order chi connectivity index (χ0) is 19.5. The summed E-state index contributed by atoms with van der Waals surface area (Å²) in [6, 6.07) is 9.97. The maximum atomic E-state index is 12.3. The van der Waals surface area contributed by atoms with Gasteiger partial charge in [0.2, 0.25) is 14.2 Å². The minimum absolute atomic E-state index is 0.0245. The van der Waals surface area contributed by atoms with E-state index in [0.717, 1.165) is 5.56 Å². The molecule has 2 rings (SSSR count). The molecule has 0 aromatic heterocycles. The van der Waals surface area contributed by atoms with Crippen LogP contribution < -0.4 is 5.32 Å². The van der Waals surface area contributed by atoms with Crippen molar-refractivity contribution >= 4 is 14.2 Å². The molecule has 5 heteroatoms. The SMILES string of the molecule is CC(C)[Si](O[C@@H](C)[C@@H]1NC(=O)C[C@H](c2ccccc2)O1)(C(C)C)C(C)C. The fourth-order valence-corrected chi connectivity index (χ4v) is 10.1. The first kappa shape index (κ1) is 21.1. The largest absolute Gasteiger partial charge is 0.409 e. The average Bonchev–Trinajstić information content (AvgIpc) is 2.58. The Bertz CT molecular complexity index is 566. The molecule has 1 aliphatic rings. The van der Waals surface area contributed by atoms with Crippen molar-refractivity contribution in [3.05, 3.63) is 35.9 Å². The number of carbonyl (C=O) groups is 1. The van der Waals surface area contributed by atoms with Gasteiger partial charge in [-0.25, -0.2) is 0 Å². The summed E-state index contributed by atoms with van der Waals surface area (Å²) in [5.74, 6) is 0.0245.